The van der Waals surface area contributed by atoms with E-state index in [9.17, 15) is 28.7 Å². The number of esters is 2. The van der Waals surface area contributed by atoms with E-state index in [1.807, 2.05) is 48.5 Å². The Bertz CT molecular complexity index is 2150. The molecule has 2 saturated heterocycles. The van der Waals surface area contributed by atoms with Crippen molar-refractivity contribution in [2.45, 2.75) is 38.9 Å². The van der Waals surface area contributed by atoms with Crippen molar-refractivity contribution >= 4 is 37.7 Å². The van der Waals surface area contributed by atoms with Gasteiger partial charge >= 0.3 is 27.1 Å². The normalized spacial score (nSPS) is 20.7. The van der Waals surface area contributed by atoms with Gasteiger partial charge in [0.15, 0.2) is 0 Å². The zero-order chi connectivity index (χ0) is 41.0. The average molecular weight is 821 g/mol. The second-order valence-corrected chi connectivity index (χ2v) is 16.8. The number of hydrogen-bond acceptors (Lipinski definition) is 12. The molecule has 0 spiro atoms. The second kappa shape index (κ2) is 20.0. The highest BCUT2D eigenvalue weighted by Gasteiger charge is 2.38. The van der Waals surface area contributed by atoms with Crippen LogP contribution in [0.4, 0.5) is 0 Å². The molecule has 0 amide bonds. The Morgan fingerprint density at radius 2 is 1.19 bits per heavy atom. The molecule has 0 bridgehead atoms. The third kappa shape index (κ3) is 12.1. The van der Waals surface area contributed by atoms with E-state index >= 15 is 0 Å². The van der Waals surface area contributed by atoms with Crippen LogP contribution in [-0.4, -0.2) is 73.8 Å². The molecule has 0 saturated carbocycles. The maximum absolute atomic E-state index is 13.3. The Labute approximate surface area is 331 Å². The molecule has 4 atom stereocenters. The predicted molar refractivity (Wildman–Crippen MR) is 215 cm³/mol. The van der Waals surface area contributed by atoms with E-state index in [0.29, 0.717) is 40.9 Å². The quantitative estimate of drug-likeness (QED) is 0.0771. The van der Waals surface area contributed by atoms with Gasteiger partial charge in [-0.25, -0.2) is 18.7 Å². The molecule has 0 radical (unpaired) electrons. The summed E-state index contributed by atoms with van der Waals surface area (Å²) in [6, 6.07) is 28.7. The minimum atomic E-state index is -3.71. The van der Waals surface area contributed by atoms with Crippen molar-refractivity contribution < 1.29 is 61.2 Å². The lowest BCUT2D eigenvalue weighted by molar-refractivity contribution is -0.142. The fourth-order valence-corrected chi connectivity index (χ4v) is 8.51. The standard InChI is InChI=1S/C19H19O6P.C12H9O3P.C7H10O3.C4H8O/c1-13(2)19(21)23-11-14(20)12-24-26(22)18-10-6-4-8-16(18)15-7-3-5-9-17(15)25-26;13-16(14)12-8-4-2-6-10(12)9-5-1-3-7-11(9)15-16;1-5(2)7(8)10-4-6-3-9-6;1-2-4-5-3-1/h3-10,14,20H,1,11-12H2,2H3;1-8H,(H,13,14);6H,1,3-4H2,2H3;1-4H2. The molecule has 4 heterocycles. The Morgan fingerprint density at radius 3 is 1.72 bits per heavy atom. The highest BCUT2D eigenvalue weighted by molar-refractivity contribution is 7.63. The summed E-state index contributed by atoms with van der Waals surface area (Å²) in [4.78, 5) is 31.9. The molecule has 2 fully saturated rings. The molecule has 57 heavy (non-hydrogen) atoms. The Morgan fingerprint density at radius 1 is 0.719 bits per heavy atom. The van der Waals surface area contributed by atoms with E-state index in [0.717, 1.165) is 35.5 Å². The van der Waals surface area contributed by atoms with E-state index in [1.54, 1.807) is 55.5 Å². The summed E-state index contributed by atoms with van der Waals surface area (Å²) in [6.07, 6.45) is 1.56. The van der Waals surface area contributed by atoms with Crippen LogP contribution in [0.1, 0.15) is 26.7 Å². The van der Waals surface area contributed by atoms with Crippen molar-refractivity contribution in [2.75, 3.05) is 39.6 Å². The number of epoxide rings is 1. The van der Waals surface area contributed by atoms with Crippen molar-refractivity contribution in [1.29, 1.82) is 0 Å². The van der Waals surface area contributed by atoms with E-state index < -0.39 is 27.3 Å². The monoisotopic (exact) mass is 820 g/mol. The van der Waals surface area contributed by atoms with Crippen molar-refractivity contribution in [3.63, 3.8) is 0 Å². The van der Waals surface area contributed by atoms with Crippen LogP contribution in [0.15, 0.2) is 121 Å². The highest BCUT2D eigenvalue weighted by atomic mass is 31.2. The lowest BCUT2D eigenvalue weighted by atomic mass is 10.0. The molecular formula is C42H46O13P2. The molecule has 8 rings (SSSR count). The lowest BCUT2D eigenvalue weighted by Gasteiger charge is -2.28. The minimum absolute atomic E-state index is 0.142. The Hall–Kier alpha value is -4.84. The molecule has 4 aliphatic rings. The Balaban J connectivity index is 0.000000168. The topological polar surface area (TPSA) is 177 Å². The molecule has 0 aromatic heterocycles. The van der Waals surface area contributed by atoms with Crippen molar-refractivity contribution in [2.24, 2.45) is 0 Å². The van der Waals surface area contributed by atoms with Gasteiger partial charge in [-0.3, -0.25) is 4.52 Å². The van der Waals surface area contributed by atoms with Crippen LogP contribution >= 0.6 is 15.2 Å². The number of carbonyl (C=O) groups is 2. The molecule has 2 N–H and O–H groups in total. The number of benzene rings is 4. The van der Waals surface area contributed by atoms with E-state index in [4.69, 9.17) is 32.5 Å². The average Bonchev–Trinajstić information content (AvgIpc) is 3.84. The SMILES string of the molecule is C1CCOC1.C=C(C)C(=O)OCC(O)COP1(=O)Oc2ccccc2-c2ccccc21.C=C(C)C(=O)OCC1CO1.O=P1(O)Oc2ccccc2-c2ccccc21. The zero-order valence-electron chi connectivity index (χ0n) is 31.7. The number of ether oxygens (including phenoxy) is 4. The largest absolute Gasteiger partial charge is 0.460 e. The summed E-state index contributed by atoms with van der Waals surface area (Å²) < 4.78 is 60.9. The molecule has 302 valence electrons. The third-order valence-corrected chi connectivity index (χ3v) is 11.7. The number of fused-ring (bicyclic) bond motifs is 6. The van der Waals surface area contributed by atoms with Crippen molar-refractivity contribution in [1.82, 2.24) is 0 Å². The van der Waals surface area contributed by atoms with Gasteiger partial charge in [0.2, 0.25) is 0 Å². The van der Waals surface area contributed by atoms with E-state index in [2.05, 4.69) is 13.2 Å². The Kier molecular flexibility index (Phi) is 15.2. The van der Waals surface area contributed by atoms with Gasteiger partial charge in [-0.2, -0.15) is 0 Å². The van der Waals surface area contributed by atoms with Gasteiger partial charge in [0.25, 0.3) is 0 Å². The van der Waals surface area contributed by atoms with Gasteiger partial charge in [-0.05, 0) is 51.0 Å². The maximum atomic E-state index is 13.3. The molecule has 13 nitrogen and oxygen atoms in total. The summed E-state index contributed by atoms with van der Waals surface area (Å²) in [5, 5.41) is 10.8. The van der Waals surface area contributed by atoms with Gasteiger partial charge < -0.3 is 38.0 Å². The predicted octanol–water partition coefficient (Wildman–Crippen LogP) is 6.92. The first kappa shape index (κ1) is 43.3. The third-order valence-electron chi connectivity index (χ3n) is 8.37. The fraction of sp³-hybridized carbons (Fsp3) is 0.286. The molecule has 4 aromatic rings. The first-order valence-corrected chi connectivity index (χ1v) is 21.3. The number of para-hydroxylation sites is 2. The van der Waals surface area contributed by atoms with Crippen molar-refractivity contribution in [3.05, 3.63) is 121 Å². The van der Waals surface area contributed by atoms with E-state index in [1.165, 1.54) is 19.8 Å². The van der Waals surface area contributed by atoms with Crippen LogP contribution in [0.3, 0.4) is 0 Å². The van der Waals surface area contributed by atoms with Crippen LogP contribution < -0.4 is 19.7 Å². The lowest BCUT2D eigenvalue weighted by Crippen LogP contribution is -2.26. The zero-order valence-corrected chi connectivity index (χ0v) is 33.5. The van der Waals surface area contributed by atoms with Crippen LogP contribution in [0, 0.1) is 0 Å². The van der Waals surface area contributed by atoms with Crippen LogP contribution in [-0.2, 0) is 42.2 Å². The molecule has 4 aromatic carbocycles. The molecule has 0 aliphatic carbocycles. The van der Waals surface area contributed by atoms with Crippen LogP contribution in [0.25, 0.3) is 22.3 Å². The summed E-state index contributed by atoms with van der Waals surface area (Å²) in [5.74, 6) is -0.0239. The molecule has 4 aliphatic heterocycles. The smallest absolute Gasteiger partial charge is 0.411 e. The van der Waals surface area contributed by atoms with Gasteiger partial charge in [0.1, 0.15) is 36.9 Å². The van der Waals surface area contributed by atoms with Gasteiger partial charge in [0.05, 0.1) is 23.8 Å². The number of carbonyl (C=O) groups excluding carboxylic acids is 2. The first-order valence-electron chi connectivity index (χ1n) is 18.2. The van der Waals surface area contributed by atoms with Gasteiger partial charge in [-0.1, -0.05) is 86.0 Å². The molecule has 15 heteroatoms. The molecular weight excluding hydrogens is 774 g/mol. The summed E-state index contributed by atoms with van der Waals surface area (Å²) >= 11 is 0. The second-order valence-electron chi connectivity index (χ2n) is 13.2. The first-order chi connectivity index (χ1) is 27.3. The molecule has 4 unspecified atom stereocenters. The van der Waals surface area contributed by atoms with Crippen molar-refractivity contribution in [3.8, 4) is 33.8 Å². The number of hydrogen-bond donors (Lipinski definition) is 2. The highest BCUT2D eigenvalue weighted by Crippen LogP contribution is 2.55. The fourth-order valence-electron chi connectivity index (χ4n) is 5.38. The van der Waals surface area contributed by atoms with Crippen LogP contribution in [0.2, 0.25) is 0 Å². The number of rotatable bonds is 9. The van der Waals surface area contributed by atoms with Gasteiger partial charge in [-0.15, -0.1) is 0 Å². The summed E-state index contributed by atoms with van der Waals surface area (Å²) in [6.45, 7) is 12.5. The number of aliphatic hydroxyl groups excluding tert-OH is 1. The van der Waals surface area contributed by atoms with E-state index in [-0.39, 0.29) is 30.9 Å². The number of aliphatic hydroxyl groups is 1. The maximum Gasteiger partial charge on any atom is 0.411 e. The van der Waals surface area contributed by atoms with Gasteiger partial charge in [0, 0.05) is 46.6 Å². The van der Waals surface area contributed by atoms with Crippen LogP contribution in [0.5, 0.6) is 11.5 Å². The minimum Gasteiger partial charge on any atom is -0.460 e. The summed E-state index contributed by atoms with van der Waals surface area (Å²) in [7, 11) is -7.38. The summed E-state index contributed by atoms with van der Waals surface area (Å²) in [5.41, 5.74) is 3.89.